The second kappa shape index (κ2) is 6.66. The molecule has 1 saturated carbocycles. The molecule has 0 radical (unpaired) electrons. The van der Waals surface area contributed by atoms with E-state index in [0.29, 0.717) is 12.6 Å². The average molecular weight is 302 g/mol. The first-order valence-electron chi connectivity index (χ1n) is 7.12. The Balaban J connectivity index is 1.73. The van der Waals surface area contributed by atoms with Crippen LogP contribution in [0.25, 0.3) is 0 Å². The third-order valence-corrected chi connectivity index (χ3v) is 3.74. The Labute approximate surface area is 123 Å². The van der Waals surface area contributed by atoms with Gasteiger partial charge in [0.1, 0.15) is 5.75 Å². The first-order valence-corrected chi connectivity index (χ1v) is 7.12. The van der Waals surface area contributed by atoms with Gasteiger partial charge in [-0.2, -0.15) is 0 Å². The molecule has 0 heterocycles. The zero-order chi connectivity index (χ0) is 15.5. The van der Waals surface area contributed by atoms with Crippen molar-refractivity contribution < 1.29 is 17.9 Å². The minimum Gasteiger partial charge on any atom is -0.406 e. The van der Waals surface area contributed by atoms with Gasteiger partial charge in [-0.25, -0.2) is 0 Å². The zero-order valence-corrected chi connectivity index (χ0v) is 12.3. The van der Waals surface area contributed by atoms with Crippen molar-refractivity contribution in [2.75, 3.05) is 13.6 Å². The third kappa shape index (κ3) is 5.55. The van der Waals surface area contributed by atoms with Gasteiger partial charge in [0.15, 0.2) is 0 Å². The van der Waals surface area contributed by atoms with Crippen molar-refractivity contribution in [2.45, 2.75) is 44.8 Å². The molecule has 0 saturated heterocycles. The molecule has 3 nitrogen and oxygen atoms in total. The summed E-state index contributed by atoms with van der Waals surface area (Å²) in [4.78, 5) is 2.37. The van der Waals surface area contributed by atoms with E-state index in [1.807, 2.05) is 0 Å². The molecule has 6 heteroatoms. The lowest BCUT2D eigenvalue weighted by Gasteiger charge is -2.24. The zero-order valence-electron chi connectivity index (χ0n) is 12.3. The lowest BCUT2D eigenvalue weighted by Crippen LogP contribution is -2.38. The van der Waals surface area contributed by atoms with Crippen LogP contribution in [-0.2, 0) is 6.54 Å². The summed E-state index contributed by atoms with van der Waals surface area (Å²) in [5.41, 5.74) is 0.936. The third-order valence-electron chi connectivity index (χ3n) is 3.74. The highest BCUT2D eigenvalue weighted by Gasteiger charge is 2.31. The van der Waals surface area contributed by atoms with Gasteiger partial charge in [0.2, 0.25) is 0 Å². The van der Waals surface area contributed by atoms with E-state index >= 15 is 0 Å². The lowest BCUT2D eigenvalue weighted by molar-refractivity contribution is -0.274. The van der Waals surface area contributed by atoms with E-state index in [-0.39, 0.29) is 5.75 Å². The Kier molecular flexibility index (Phi) is 5.11. The molecule has 1 unspecified atom stereocenters. The average Bonchev–Trinajstić information content (AvgIpc) is 3.22. The number of benzene rings is 1. The van der Waals surface area contributed by atoms with Crippen LogP contribution in [0.2, 0.25) is 0 Å². The molecule has 1 fully saturated rings. The number of nitrogens with zero attached hydrogens (tertiary/aromatic N) is 1. The van der Waals surface area contributed by atoms with Gasteiger partial charge < -0.3 is 10.1 Å². The molecule has 0 bridgehead atoms. The van der Waals surface area contributed by atoms with Crippen molar-refractivity contribution in [2.24, 2.45) is 0 Å². The number of nitrogens with one attached hydrogen (secondary N) is 1. The highest BCUT2D eigenvalue weighted by molar-refractivity contribution is 5.27. The largest absolute Gasteiger partial charge is 0.573 e. The minimum atomic E-state index is -4.64. The Bertz CT molecular complexity index is 443. The molecule has 1 atom stereocenters. The quantitative estimate of drug-likeness (QED) is 0.837. The van der Waals surface area contributed by atoms with E-state index in [1.54, 1.807) is 12.1 Å². The van der Waals surface area contributed by atoms with Crippen LogP contribution in [-0.4, -0.2) is 36.9 Å². The Hall–Kier alpha value is -1.27. The predicted molar refractivity (Wildman–Crippen MR) is 75.1 cm³/mol. The van der Waals surface area contributed by atoms with Crippen molar-refractivity contribution in [1.82, 2.24) is 10.2 Å². The molecular weight excluding hydrogens is 281 g/mol. The summed E-state index contributed by atoms with van der Waals surface area (Å²) in [6, 6.07) is 7.13. The fourth-order valence-corrected chi connectivity index (χ4v) is 2.22. The van der Waals surface area contributed by atoms with Crippen molar-refractivity contribution in [3.8, 4) is 5.75 Å². The maximum absolute atomic E-state index is 12.0. The molecule has 0 aliphatic heterocycles. The molecule has 0 amide bonds. The maximum Gasteiger partial charge on any atom is 0.573 e. The van der Waals surface area contributed by atoms with Gasteiger partial charge in [-0.1, -0.05) is 12.1 Å². The summed E-state index contributed by atoms with van der Waals surface area (Å²) < 4.78 is 40.0. The Morgan fingerprint density at radius 1 is 1.29 bits per heavy atom. The van der Waals surface area contributed by atoms with Crippen LogP contribution >= 0.6 is 0 Å². The molecule has 1 aliphatic rings. The number of halogens is 3. The molecule has 1 aliphatic carbocycles. The number of alkyl halides is 3. The number of likely N-dealkylation sites (N-methyl/N-ethyl adjacent to an activating group) is 1. The predicted octanol–water partition coefficient (Wildman–Crippen LogP) is 3.16. The van der Waals surface area contributed by atoms with Crippen molar-refractivity contribution in [1.29, 1.82) is 0 Å². The maximum atomic E-state index is 12.0. The highest BCUT2D eigenvalue weighted by atomic mass is 19.4. The molecule has 1 aromatic carbocycles. The molecule has 118 valence electrons. The van der Waals surface area contributed by atoms with E-state index in [4.69, 9.17) is 0 Å². The van der Waals surface area contributed by atoms with Gasteiger partial charge in [-0.05, 0) is 44.5 Å². The van der Waals surface area contributed by atoms with Crippen LogP contribution in [0.3, 0.4) is 0 Å². The van der Waals surface area contributed by atoms with Crippen molar-refractivity contribution in [3.05, 3.63) is 29.8 Å². The number of hydrogen-bond acceptors (Lipinski definition) is 3. The van der Waals surface area contributed by atoms with Crippen LogP contribution in [0, 0.1) is 0 Å². The molecular formula is C15H21F3N2O. The fraction of sp³-hybridized carbons (Fsp3) is 0.600. The van der Waals surface area contributed by atoms with Crippen LogP contribution < -0.4 is 10.1 Å². The number of rotatable bonds is 7. The summed E-state index contributed by atoms with van der Waals surface area (Å²) in [6.45, 7) is 3.66. The highest BCUT2D eigenvalue weighted by Crippen LogP contribution is 2.26. The second-order valence-electron chi connectivity index (χ2n) is 5.57. The molecule has 21 heavy (non-hydrogen) atoms. The SMILES string of the molecule is CC(CNCc1ccc(OC(F)(F)F)cc1)N(C)C1CC1. The summed E-state index contributed by atoms with van der Waals surface area (Å²) >= 11 is 0. The van der Waals surface area contributed by atoms with Crippen LogP contribution in [0.5, 0.6) is 5.75 Å². The van der Waals surface area contributed by atoms with Gasteiger partial charge in [0.25, 0.3) is 0 Å². The molecule has 1 N–H and O–H groups in total. The van der Waals surface area contributed by atoms with Gasteiger partial charge in [-0.3, -0.25) is 4.90 Å². The molecule has 0 spiro atoms. The standard InChI is InChI=1S/C15H21F3N2O/c1-11(20(2)13-5-6-13)9-19-10-12-3-7-14(8-4-12)21-15(16,17)18/h3-4,7-8,11,13,19H,5-6,9-10H2,1-2H3. The summed E-state index contributed by atoms with van der Waals surface area (Å²) in [5, 5.41) is 3.33. The van der Waals surface area contributed by atoms with Gasteiger partial charge >= 0.3 is 6.36 Å². The summed E-state index contributed by atoms with van der Waals surface area (Å²) in [7, 11) is 2.13. The normalized spacial score (nSPS) is 17.0. The van der Waals surface area contributed by atoms with Crippen LogP contribution in [0.4, 0.5) is 13.2 Å². The van der Waals surface area contributed by atoms with Crippen LogP contribution in [0.1, 0.15) is 25.3 Å². The first-order chi connectivity index (χ1) is 9.85. The van der Waals surface area contributed by atoms with Gasteiger partial charge in [0, 0.05) is 25.2 Å². The fourth-order valence-electron chi connectivity index (χ4n) is 2.22. The van der Waals surface area contributed by atoms with E-state index < -0.39 is 6.36 Å². The van der Waals surface area contributed by atoms with E-state index in [1.165, 1.54) is 25.0 Å². The van der Waals surface area contributed by atoms with E-state index in [9.17, 15) is 13.2 Å². The number of ether oxygens (including phenoxy) is 1. The monoisotopic (exact) mass is 302 g/mol. The van der Waals surface area contributed by atoms with Crippen LogP contribution in [0.15, 0.2) is 24.3 Å². The Morgan fingerprint density at radius 3 is 2.43 bits per heavy atom. The summed E-state index contributed by atoms with van der Waals surface area (Å²) in [5.74, 6) is -0.187. The second-order valence-corrected chi connectivity index (χ2v) is 5.57. The topological polar surface area (TPSA) is 24.5 Å². The molecule has 2 rings (SSSR count). The minimum absolute atomic E-state index is 0.187. The van der Waals surface area contributed by atoms with E-state index in [2.05, 4.69) is 28.9 Å². The smallest absolute Gasteiger partial charge is 0.406 e. The molecule has 1 aromatic rings. The van der Waals surface area contributed by atoms with Crippen molar-refractivity contribution >= 4 is 0 Å². The van der Waals surface area contributed by atoms with Gasteiger partial charge in [0.05, 0.1) is 0 Å². The summed E-state index contributed by atoms with van der Waals surface area (Å²) in [6.07, 6.45) is -2.08. The van der Waals surface area contributed by atoms with Gasteiger partial charge in [-0.15, -0.1) is 13.2 Å². The van der Waals surface area contributed by atoms with Crippen molar-refractivity contribution in [3.63, 3.8) is 0 Å². The first kappa shape index (κ1) is 16.1. The number of hydrogen-bond donors (Lipinski definition) is 1. The Morgan fingerprint density at radius 2 is 1.90 bits per heavy atom. The lowest BCUT2D eigenvalue weighted by atomic mass is 10.2. The van der Waals surface area contributed by atoms with E-state index in [0.717, 1.165) is 18.2 Å². The molecule has 0 aromatic heterocycles.